The summed E-state index contributed by atoms with van der Waals surface area (Å²) in [4.78, 5) is 4.16. The molecule has 0 saturated carbocycles. The van der Waals surface area contributed by atoms with Gasteiger partial charge in [-0.3, -0.25) is 0 Å². The maximum Gasteiger partial charge on any atom is 0.134 e. The number of pyridine rings is 1. The monoisotopic (exact) mass is 217 g/mol. The third-order valence-corrected chi connectivity index (χ3v) is 2.20. The van der Waals surface area contributed by atoms with E-state index in [-0.39, 0.29) is 5.82 Å². The number of aromatic nitrogens is 1. The molecule has 0 spiro atoms. The zero-order valence-corrected chi connectivity index (χ0v) is 8.65. The molecule has 0 fully saturated rings. The average Bonchev–Trinajstić information content (AvgIpc) is 2.30. The molecule has 0 aliphatic rings. The summed E-state index contributed by atoms with van der Waals surface area (Å²) in [5.41, 5.74) is 7.14. The summed E-state index contributed by atoms with van der Waals surface area (Å²) in [6, 6.07) is 9.93. The van der Waals surface area contributed by atoms with E-state index < -0.39 is 0 Å². The number of nitrogens with zero attached hydrogens (tertiary/aromatic N) is 1. The Labute approximate surface area is 93.1 Å². The zero-order chi connectivity index (χ0) is 11.4. The Bertz CT molecular complexity index is 485. The number of hydrogen-bond acceptors (Lipinski definition) is 3. The molecule has 16 heavy (non-hydrogen) atoms. The number of benzene rings is 1. The van der Waals surface area contributed by atoms with E-state index in [4.69, 9.17) is 5.73 Å². The fourth-order valence-corrected chi connectivity index (χ4v) is 1.42. The molecule has 82 valence electrons. The SMILES string of the molecule is NCc1cccnc1Nc1cccc(F)c1. The third-order valence-electron chi connectivity index (χ3n) is 2.20. The number of anilines is 2. The molecule has 2 rings (SSSR count). The van der Waals surface area contributed by atoms with Crippen LogP contribution in [0.2, 0.25) is 0 Å². The van der Waals surface area contributed by atoms with Crippen molar-refractivity contribution in [3.63, 3.8) is 0 Å². The summed E-state index contributed by atoms with van der Waals surface area (Å²) < 4.78 is 13.0. The van der Waals surface area contributed by atoms with Gasteiger partial charge in [-0.15, -0.1) is 0 Å². The lowest BCUT2D eigenvalue weighted by molar-refractivity contribution is 0.628. The first-order valence-corrected chi connectivity index (χ1v) is 4.96. The smallest absolute Gasteiger partial charge is 0.134 e. The van der Waals surface area contributed by atoms with Crippen LogP contribution < -0.4 is 11.1 Å². The zero-order valence-electron chi connectivity index (χ0n) is 8.65. The van der Waals surface area contributed by atoms with Gasteiger partial charge in [0.1, 0.15) is 11.6 Å². The minimum Gasteiger partial charge on any atom is -0.340 e. The largest absolute Gasteiger partial charge is 0.340 e. The highest BCUT2D eigenvalue weighted by molar-refractivity contribution is 5.59. The van der Waals surface area contributed by atoms with Crippen molar-refractivity contribution in [3.8, 4) is 0 Å². The van der Waals surface area contributed by atoms with Crippen molar-refractivity contribution in [2.45, 2.75) is 6.54 Å². The van der Waals surface area contributed by atoms with E-state index in [1.807, 2.05) is 12.1 Å². The van der Waals surface area contributed by atoms with E-state index >= 15 is 0 Å². The molecule has 0 radical (unpaired) electrons. The van der Waals surface area contributed by atoms with Crippen LogP contribution in [-0.4, -0.2) is 4.98 Å². The van der Waals surface area contributed by atoms with Crippen LogP contribution in [-0.2, 0) is 6.54 Å². The van der Waals surface area contributed by atoms with Crippen molar-refractivity contribution < 1.29 is 4.39 Å². The van der Waals surface area contributed by atoms with Crippen molar-refractivity contribution in [1.82, 2.24) is 4.98 Å². The highest BCUT2D eigenvalue weighted by atomic mass is 19.1. The predicted octanol–water partition coefficient (Wildman–Crippen LogP) is 2.42. The molecule has 2 aromatic rings. The van der Waals surface area contributed by atoms with Gasteiger partial charge in [0, 0.05) is 24.0 Å². The van der Waals surface area contributed by atoms with Gasteiger partial charge < -0.3 is 11.1 Å². The third kappa shape index (κ3) is 2.35. The topological polar surface area (TPSA) is 50.9 Å². The number of hydrogen-bond donors (Lipinski definition) is 2. The molecule has 0 unspecified atom stereocenters. The lowest BCUT2D eigenvalue weighted by Gasteiger charge is -2.09. The Morgan fingerprint density at radius 2 is 2.12 bits per heavy atom. The molecule has 0 amide bonds. The molecule has 0 bridgehead atoms. The van der Waals surface area contributed by atoms with Crippen LogP contribution in [0.5, 0.6) is 0 Å². The van der Waals surface area contributed by atoms with Crippen LogP contribution in [0.15, 0.2) is 42.6 Å². The number of halogens is 1. The van der Waals surface area contributed by atoms with Gasteiger partial charge >= 0.3 is 0 Å². The van der Waals surface area contributed by atoms with Crippen molar-refractivity contribution in [1.29, 1.82) is 0 Å². The normalized spacial score (nSPS) is 10.1. The van der Waals surface area contributed by atoms with E-state index in [1.165, 1.54) is 12.1 Å². The molecule has 1 aromatic heterocycles. The summed E-state index contributed by atoms with van der Waals surface area (Å²) in [5.74, 6) is 0.380. The van der Waals surface area contributed by atoms with Crippen LogP contribution in [0.3, 0.4) is 0 Å². The van der Waals surface area contributed by atoms with Gasteiger partial charge in [-0.1, -0.05) is 12.1 Å². The van der Waals surface area contributed by atoms with E-state index in [0.29, 0.717) is 18.1 Å². The molecular weight excluding hydrogens is 205 g/mol. The van der Waals surface area contributed by atoms with Gasteiger partial charge in [-0.05, 0) is 24.3 Å². The molecule has 3 nitrogen and oxygen atoms in total. The van der Waals surface area contributed by atoms with Crippen molar-refractivity contribution in [2.75, 3.05) is 5.32 Å². The van der Waals surface area contributed by atoms with Gasteiger partial charge in [-0.25, -0.2) is 9.37 Å². The molecule has 3 N–H and O–H groups in total. The van der Waals surface area contributed by atoms with Crippen molar-refractivity contribution in [2.24, 2.45) is 5.73 Å². The second kappa shape index (κ2) is 4.72. The van der Waals surface area contributed by atoms with E-state index in [0.717, 1.165) is 5.56 Å². The Balaban J connectivity index is 2.26. The Hall–Kier alpha value is -1.94. The molecule has 0 saturated heterocycles. The Kier molecular flexibility index (Phi) is 3.12. The summed E-state index contributed by atoms with van der Waals surface area (Å²) in [7, 11) is 0. The van der Waals surface area contributed by atoms with Gasteiger partial charge in [0.15, 0.2) is 0 Å². The first-order chi connectivity index (χ1) is 7.79. The average molecular weight is 217 g/mol. The fourth-order valence-electron chi connectivity index (χ4n) is 1.42. The van der Waals surface area contributed by atoms with Crippen LogP contribution in [0, 0.1) is 5.82 Å². The molecule has 4 heteroatoms. The van der Waals surface area contributed by atoms with E-state index in [1.54, 1.807) is 18.3 Å². The number of nitrogens with two attached hydrogens (primary N) is 1. The maximum atomic E-state index is 13.0. The first-order valence-electron chi connectivity index (χ1n) is 4.96. The lowest BCUT2D eigenvalue weighted by atomic mass is 10.2. The van der Waals surface area contributed by atoms with E-state index in [2.05, 4.69) is 10.3 Å². The number of rotatable bonds is 3. The van der Waals surface area contributed by atoms with Crippen molar-refractivity contribution in [3.05, 3.63) is 54.0 Å². The number of nitrogens with one attached hydrogen (secondary N) is 1. The minimum absolute atomic E-state index is 0.282. The molecule has 0 aliphatic carbocycles. The Morgan fingerprint density at radius 1 is 1.25 bits per heavy atom. The summed E-state index contributed by atoms with van der Waals surface area (Å²) in [5, 5.41) is 3.03. The predicted molar refractivity (Wildman–Crippen MR) is 61.8 cm³/mol. The summed E-state index contributed by atoms with van der Waals surface area (Å²) >= 11 is 0. The molecular formula is C12H12FN3. The van der Waals surface area contributed by atoms with E-state index in [9.17, 15) is 4.39 Å². The highest BCUT2D eigenvalue weighted by Crippen LogP contribution is 2.18. The Morgan fingerprint density at radius 3 is 2.88 bits per heavy atom. The summed E-state index contributed by atoms with van der Waals surface area (Å²) in [6.07, 6.45) is 1.67. The quantitative estimate of drug-likeness (QED) is 0.830. The van der Waals surface area contributed by atoms with Gasteiger partial charge in [0.2, 0.25) is 0 Å². The minimum atomic E-state index is -0.282. The highest BCUT2D eigenvalue weighted by Gasteiger charge is 2.02. The summed E-state index contributed by atoms with van der Waals surface area (Å²) in [6.45, 7) is 0.394. The molecule has 0 aliphatic heterocycles. The van der Waals surface area contributed by atoms with Crippen molar-refractivity contribution >= 4 is 11.5 Å². The van der Waals surface area contributed by atoms with Gasteiger partial charge in [0.25, 0.3) is 0 Å². The van der Waals surface area contributed by atoms with Crippen LogP contribution in [0.1, 0.15) is 5.56 Å². The second-order valence-electron chi connectivity index (χ2n) is 3.35. The van der Waals surface area contributed by atoms with Gasteiger partial charge in [-0.2, -0.15) is 0 Å². The lowest BCUT2D eigenvalue weighted by Crippen LogP contribution is -2.03. The molecule has 0 atom stereocenters. The molecule has 1 heterocycles. The standard InChI is InChI=1S/C12H12FN3/c13-10-4-1-5-11(7-10)16-12-9(8-14)3-2-6-15-12/h1-7H,8,14H2,(H,15,16). The van der Waals surface area contributed by atoms with Crippen LogP contribution in [0.4, 0.5) is 15.9 Å². The van der Waals surface area contributed by atoms with Crippen LogP contribution >= 0.6 is 0 Å². The van der Waals surface area contributed by atoms with Gasteiger partial charge in [0.05, 0.1) is 0 Å². The fraction of sp³-hybridized carbons (Fsp3) is 0.0833. The first kappa shape index (κ1) is 10.6. The van der Waals surface area contributed by atoms with Crippen LogP contribution in [0.25, 0.3) is 0 Å². The molecule has 1 aromatic carbocycles. The second-order valence-corrected chi connectivity index (χ2v) is 3.35. The maximum absolute atomic E-state index is 13.0.